The molecule has 0 spiro atoms. The Labute approximate surface area is 132 Å². The van der Waals surface area contributed by atoms with Crippen molar-refractivity contribution >= 4 is 0 Å². The Balaban J connectivity index is 1.56. The highest BCUT2D eigenvalue weighted by molar-refractivity contribution is 5.06. The highest BCUT2D eigenvalue weighted by atomic mass is 16.5. The maximum Gasteiger partial charge on any atom is 0.0945 e. The maximum absolute atomic E-state index is 5.80. The van der Waals surface area contributed by atoms with Crippen molar-refractivity contribution in [3.63, 3.8) is 0 Å². The van der Waals surface area contributed by atoms with Crippen molar-refractivity contribution < 1.29 is 9.47 Å². The summed E-state index contributed by atoms with van der Waals surface area (Å²) in [7, 11) is 2.04. The number of aromatic nitrogens is 2. The normalized spacial score (nSPS) is 29.5. The highest BCUT2D eigenvalue weighted by Gasteiger charge is 2.48. The summed E-state index contributed by atoms with van der Waals surface area (Å²) in [5.74, 6) is 0. The Kier molecular flexibility index (Phi) is 5.13. The largest absolute Gasteiger partial charge is 0.379 e. The number of hydrogen-bond acceptors (Lipinski definition) is 5. The summed E-state index contributed by atoms with van der Waals surface area (Å²) in [5.41, 5.74) is 1.46. The second kappa shape index (κ2) is 7.08. The minimum absolute atomic E-state index is 0.238. The van der Waals surface area contributed by atoms with E-state index in [1.54, 1.807) is 0 Å². The first kappa shape index (κ1) is 15.9. The Morgan fingerprint density at radius 1 is 1.41 bits per heavy atom. The monoisotopic (exact) mass is 308 g/mol. The molecule has 2 aliphatic rings. The second-order valence-corrected chi connectivity index (χ2v) is 6.41. The lowest BCUT2D eigenvalue weighted by atomic mass is 9.72. The van der Waals surface area contributed by atoms with Crippen LogP contribution in [0.15, 0.2) is 12.5 Å². The third kappa shape index (κ3) is 3.35. The lowest BCUT2D eigenvalue weighted by molar-refractivity contribution is -0.125. The number of morpholine rings is 1. The second-order valence-electron chi connectivity index (χ2n) is 6.41. The van der Waals surface area contributed by atoms with Crippen LogP contribution in [0, 0.1) is 0 Å². The number of imidazole rings is 1. The van der Waals surface area contributed by atoms with Gasteiger partial charge < -0.3 is 19.4 Å². The molecule has 2 fully saturated rings. The van der Waals surface area contributed by atoms with E-state index in [4.69, 9.17) is 9.47 Å². The molecular formula is C16H28N4O2. The van der Waals surface area contributed by atoms with Gasteiger partial charge in [0.2, 0.25) is 0 Å². The van der Waals surface area contributed by atoms with Crippen LogP contribution in [0.3, 0.4) is 0 Å². The Morgan fingerprint density at radius 3 is 2.82 bits per heavy atom. The van der Waals surface area contributed by atoms with E-state index in [1.807, 2.05) is 19.6 Å². The molecule has 1 saturated carbocycles. The van der Waals surface area contributed by atoms with Crippen LogP contribution >= 0.6 is 0 Å². The van der Waals surface area contributed by atoms with Crippen molar-refractivity contribution in [1.82, 2.24) is 19.8 Å². The molecule has 1 aliphatic heterocycles. The zero-order valence-corrected chi connectivity index (χ0v) is 13.8. The minimum Gasteiger partial charge on any atom is -0.379 e. The summed E-state index contributed by atoms with van der Waals surface area (Å²) in [4.78, 5) is 6.77. The number of nitrogens with zero attached hydrogens (tertiary/aromatic N) is 3. The van der Waals surface area contributed by atoms with Gasteiger partial charge in [-0.3, -0.25) is 4.90 Å². The van der Waals surface area contributed by atoms with E-state index in [0.717, 1.165) is 58.8 Å². The molecule has 1 N–H and O–H groups in total. The average molecular weight is 308 g/mol. The molecule has 6 nitrogen and oxygen atoms in total. The molecule has 0 amide bonds. The fraction of sp³-hybridized carbons (Fsp3) is 0.812. The summed E-state index contributed by atoms with van der Waals surface area (Å²) >= 11 is 0. The first-order valence-electron chi connectivity index (χ1n) is 8.34. The molecule has 6 heteroatoms. The standard InChI is InChI=1S/C16H28N4O2/c1-3-22-15-8-16(9-15,20-4-6-21-7-5-20)12-17-10-14-11-18-13-19(14)2/h11,13,15,17H,3-10,12H2,1-2H3. The van der Waals surface area contributed by atoms with Crippen LogP contribution in [0.2, 0.25) is 0 Å². The summed E-state index contributed by atoms with van der Waals surface area (Å²) in [6, 6.07) is 0. The number of nitrogens with one attached hydrogen (secondary N) is 1. The van der Waals surface area contributed by atoms with Crippen LogP contribution in [-0.4, -0.2) is 65.5 Å². The van der Waals surface area contributed by atoms with Crippen molar-refractivity contribution in [2.24, 2.45) is 7.05 Å². The molecule has 0 radical (unpaired) electrons. The zero-order valence-electron chi connectivity index (χ0n) is 13.8. The van der Waals surface area contributed by atoms with E-state index in [2.05, 4.69) is 26.7 Å². The van der Waals surface area contributed by atoms with E-state index >= 15 is 0 Å². The third-order valence-corrected chi connectivity index (χ3v) is 4.98. The summed E-state index contributed by atoms with van der Waals surface area (Å²) in [6.07, 6.45) is 6.45. The molecule has 3 rings (SSSR count). The van der Waals surface area contributed by atoms with Crippen molar-refractivity contribution in [3.05, 3.63) is 18.2 Å². The van der Waals surface area contributed by atoms with Crippen molar-refractivity contribution in [3.8, 4) is 0 Å². The Bertz CT molecular complexity index is 464. The van der Waals surface area contributed by atoms with Gasteiger partial charge >= 0.3 is 0 Å². The first-order valence-corrected chi connectivity index (χ1v) is 8.34. The van der Waals surface area contributed by atoms with Gasteiger partial charge in [0.1, 0.15) is 0 Å². The van der Waals surface area contributed by atoms with Crippen LogP contribution in [0.4, 0.5) is 0 Å². The lowest BCUT2D eigenvalue weighted by Gasteiger charge is -2.55. The molecule has 1 aliphatic carbocycles. The van der Waals surface area contributed by atoms with Gasteiger partial charge in [0.05, 0.1) is 31.3 Å². The zero-order chi connectivity index (χ0) is 15.4. The van der Waals surface area contributed by atoms with Gasteiger partial charge in [-0.1, -0.05) is 0 Å². The quantitative estimate of drug-likeness (QED) is 0.807. The first-order chi connectivity index (χ1) is 10.7. The molecule has 0 bridgehead atoms. The van der Waals surface area contributed by atoms with Gasteiger partial charge in [-0.05, 0) is 19.8 Å². The maximum atomic E-state index is 5.80. The molecule has 1 aromatic heterocycles. The van der Waals surface area contributed by atoms with Crippen molar-refractivity contribution in [2.45, 2.75) is 38.0 Å². The van der Waals surface area contributed by atoms with Crippen LogP contribution in [-0.2, 0) is 23.1 Å². The third-order valence-electron chi connectivity index (χ3n) is 4.98. The van der Waals surface area contributed by atoms with Crippen LogP contribution in [0.1, 0.15) is 25.5 Å². The molecule has 0 unspecified atom stereocenters. The molecule has 1 aromatic rings. The van der Waals surface area contributed by atoms with E-state index in [0.29, 0.717) is 6.10 Å². The van der Waals surface area contributed by atoms with E-state index in [1.165, 1.54) is 5.69 Å². The van der Waals surface area contributed by atoms with E-state index in [-0.39, 0.29) is 5.54 Å². The van der Waals surface area contributed by atoms with Gasteiger partial charge in [0, 0.05) is 51.6 Å². The van der Waals surface area contributed by atoms with Gasteiger partial charge in [0.25, 0.3) is 0 Å². The molecular weight excluding hydrogens is 280 g/mol. The van der Waals surface area contributed by atoms with Gasteiger partial charge in [-0.25, -0.2) is 4.98 Å². The van der Waals surface area contributed by atoms with Crippen molar-refractivity contribution in [2.75, 3.05) is 39.5 Å². The topological polar surface area (TPSA) is 51.5 Å². The molecule has 0 atom stereocenters. The van der Waals surface area contributed by atoms with Crippen LogP contribution in [0.25, 0.3) is 0 Å². The van der Waals surface area contributed by atoms with Crippen molar-refractivity contribution in [1.29, 1.82) is 0 Å². The molecule has 0 aromatic carbocycles. The number of hydrogen-bond donors (Lipinski definition) is 1. The fourth-order valence-electron chi connectivity index (χ4n) is 3.67. The van der Waals surface area contributed by atoms with Gasteiger partial charge in [0.15, 0.2) is 0 Å². The number of aryl methyl sites for hydroxylation is 1. The average Bonchev–Trinajstić information content (AvgIpc) is 2.91. The summed E-state index contributed by atoms with van der Waals surface area (Å²) < 4.78 is 13.4. The molecule has 2 heterocycles. The predicted molar refractivity (Wildman–Crippen MR) is 84.7 cm³/mol. The molecule has 1 saturated heterocycles. The highest BCUT2D eigenvalue weighted by Crippen LogP contribution is 2.39. The smallest absolute Gasteiger partial charge is 0.0945 e. The fourth-order valence-corrected chi connectivity index (χ4v) is 3.67. The van der Waals surface area contributed by atoms with Crippen LogP contribution < -0.4 is 5.32 Å². The van der Waals surface area contributed by atoms with Gasteiger partial charge in [-0.2, -0.15) is 0 Å². The van der Waals surface area contributed by atoms with Gasteiger partial charge in [-0.15, -0.1) is 0 Å². The molecule has 22 heavy (non-hydrogen) atoms. The summed E-state index contributed by atoms with van der Waals surface area (Å²) in [5, 5.41) is 3.63. The number of ether oxygens (including phenoxy) is 2. The minimum atomic E-state index is 0.238. The van der Waals surface area contributed by atoms with E-state index < -0.39 is 0 Å². The number of rotatable bonds is 7. The molecule has 124 valence electrons. The SMILES string of the molecule is CCOC1CC(CNCc2cncn2C)(N2CCOCC2)C1. The van der Waals surface area contributed by atoms with E-state index in [9.17, 15) is 0 Å². The predicted octanol–water partition coefficient (Wildman–Crippen LogP) is 0.780. The Morgan fingerprint density at radius 2 is 2.18 bits per heavy atom. The summed E-state index contributed by atoms with van der Waals surface area (Å²) in [6.45, 7) is 8.52. The van der Waals surface area contributed by atoms with Crippen LogP contribution in [0.5, 0.6) is 0 Å². The lowest BCUT2D eigenvalue weighted by Crippen LogP contribution is -2.66. The Hall–Kier alpha value is -0.950.